The zero-order valence-corrected chi connectivity index (χ0v) is 16.7. The van der Waals surface area contributed by atoms with Crippen molar-refractivity contribution < 1.29 is 4.79 Å². The highest BCUT2D eigenvalue weighted by Gasteiger charge is 2.21. The van der Waals surface area contributed by atoms with Crippen molar-refractivity contribution in [2.75, 3.05) is 26.0 Å². The number of carbonyl (C=O) groups excluding carboxylic acids is 1. The highest BCUT2D eigenvalue weighted by Crippen LogP contribution is 2.29. The second kappa shape index (κ2) is 7.77. The van der Waals surface area contributed by atoms with Crippen LogP contribution in [-0.2, 0) is 10.2 Å². The van der Waals surface area contributed by atoms with E-state index >= 15 is 0 Å². The fraction of sp³-hybridized carbons (Fsp3) is 0.444. The number of benzene rings is 1. The van der Waals surface area contributed by atoms with Crippen LogP contribution in [0.5, 0.6) is 0 Å². The van der Waals surface area contributed by atoms with Gasteiger partial charge in [0.05, 0.1) is 21.4 Å². The highest BCUT2D eigenvalue weighted by atomic mass is 35.5. The van der Waals surface area contributed by atoms with E-state index in [0.717, 1.165) is 11.4 Å². The Morgan fingerprint density at radius 2 is 1.88 bits per heavy atom. The first-order valence-corrected chi connectivity index (χ1v) is 8.84. The number of anilines is 1. The van der Waals surface area contributed by atoms with Crippen LogP contribution in [0.15, 0.2) is 24.3 Å². The molecule has 1 heterocycles. The predicted molar refractivity (Wildman–Crippen MR) is 104 cm³/mol. The molecule has 2 aromatic rings. The molecule has 25 heavy (non-hydrogen) atoms. The molecule has 136 valence electrons. The molecule has 0 aliphatic rings. The van der Waals surface area contributed by atoms with Gasteiger partial charge in [0.1, 0.15) is 5.82 Å². The minimum atomic E-state index is -0.148. The van der Waals surface area contributed by atoms with Gasteiger partial charge < -0.3 is 10.2 Å². The molecule has 1 aromatic heterocycles. The minimum Gasteiger partial charge on any atom is -0.311 e. The van der Waals surface area contributed by atoms with Crippen LogP contribution in [0.25, 0.3) is 5.69 Å². The van der Waals surface area contributed by atoms with Crippen molar-refractivity contribution in [3.63, 3.8) is 0 Å². The number of aromatic nitrogens is 2. The summed E-state index contributed by atoms with van der Waals surface area (Å²) in [6.07, 6.45) is 0.407. The van der Waals surface area contributed by atoms with Crippen LogP contribution in [-0.4, -0.2) is 41.2 Å². The molecule has 0 spiro atoms. The summed E-state index contributed by atoms with van der Waals surface area (Å²) in [7, 11) is 3.87. The molecule has 0 atom stereocenters. The summed E-state index contributed by atoms with van der Waals surface area (Å²) < 4.78 is 1.69. The first-order chi connectivity index (χ1) is 11.6. The number of hydrogen-bond acceptors (Lipinski definition) is 3. The topological polar surface area (TPSA) is 50.2 Å². The molecule has 1 amide bonds. The number of amides is 1. The molecule has 0 saturated carbocycles. The first kappa shape index (κ1) is 19.8. The molecule has 0 bridgehead atoms. The minimum absolute atomic E-state index is 0.0598. The van der Waals surface area contributed by atoms with Crippen LogP contribution in [0.1, 0.15) is 32.9 Å². The van der Waals surface area contributed by atoms with Crippen LogP contribution in [0.3, 0.4) is 0 Å². The summed E-state index contributed by atoms with van der Waals surface area (Å²) >= 11 is 12.1. The zero-order valence-electron chi connectivity index (χ0n) is 15.2. The van der Waals surface area contributed by atoms with E-state index in [0.29, 0.717) is 28.8 Å². The van der Waals surface area contributed by atoms with E-state index in [1.54, 1.807) is 16.8 Å². The van der Waals surface area contributed by atoms with Crippen LogP contribution >= 0.6 is 23.2 Å². The van der Waals surface area contributed by atoms with E-state index in [1.807, 2.05) is 31.1 Å². The second-order valence-corrected chi connectivity index (χ2v) is 8.09. The van der Waals surface area contributed by atoms with Gasteiger partial charge in [-0.15, -0.1) is 0 Å². The van der Waals surface area contributed by atoms with Gasteiger partial charge in [0, 0.05) is 24.4 Å². The molecule has 0 aliphatic carbocycles. The third kappa shape index (κ3) is 5.21. The maximum absolute atomic E-state index is 12.3. The van der Waals surface area contributed by atoms with Gasteiger partial charge in [-0.25, -0.2) is 4.68 Å². The third-order valence-corrected chi connectivity index (χ3v) is 4.42. The van der Waals surface area contributed by atoms with E-state index in [9.17, 15) is 4.79 Å². The Morgan fingerprint density at radius 1 is 1.20 bits per heavy atom. The summed E-state index contributed by atoms with van der Waals surface area (Å²) in [6, 6.07) is 7.17. The van der Waals surface area contributed by atoms with Gasteiger partial charge in [-0.3, -0.25) is 4.79 Å². The lowest BCUT2D eigenvalue weighted by Crippen LogP contribution is -2.21. The molecule has 0 aliphatic heterocycles. The Morgan fingerprint density at radius 3 is 2.44 bits per heavy atom. The van der Waals surface area contributed by atoms with Gasteiger partial charge in [0.25, 0.3) is 0 Å². The van der Waals surface area contributed by atoms with E-state index in [2.05, 4.69) is 31.2 Å². The van der Waals surface area contributed by atoms with E-state index in [4.69, 9.17) is 23.2 Å². The first-order valence-electron chi connectivity index (χ1n) is 8.08. The van der Waals surface area contributed by atoms with Crippen molar-refractivity contribution in [2.45, 2.75) is 32.6 Å². The van der Waals surface area contributed by atoms with Crippen molar-refractivity contribution in [1.29, 1.82) is 0 Å². The van der Waals surface area contributed by atoms with Crippen molar-refractivity contribution in [2.24, 2.45) is 0 Å². The average Bonchev–Trinajstić information content (AvgIpc) is 2.92. The van der Waals surface area contributed by atoms with Crippen LogP contribution < -0.4 is 5.32 Å². The third-order valence-electron chi connectivity index (χ3n) is 3.68. The predicted octanol–water partition coefficient (Wildman–Crippen LogP) is 4.37. The Labute approximate surface area is 158 Å². The van der Waals surface area contributed by atoms with Crippen LogP contribution in [0.4, 0.5) is 5.82 Å². The maximum atomic E-state index is 12.3. The largest absolute Gasteiger partial charge is 0.311 e. The van der Waals surface area contributed by atoms with E-state index in [-0.39, 0.29) is 11.3 Å². The van der Waals surface area contributed by atoms with Crippen LogP contribution in [0, 0.1) is 0 Å². The molecule has 1 N–H and O–H groups in total. The van der Waals surface area contributed by atoms with Crippen molar-refractivity contribution in [3.8, 4) is 5.69 Å². The molecule has 7 heteroatoms. The van der Waals surface area contributed by atoms with Crippen molar-refractivity contribution in [1.82, 2.24) is 14.7 Å². The lowest BCUT2D eigenvalue weighted by atomic mass is 9.92. The SMILES string of the molecule is CN(C)CCC(=O)Nc1cc(C(C)(C)C)nn1-c1ccc(Cl)c(Cl)c1. The zero-order chi connectivity index (χ0) is 18.8. The summed E-state index contributed by atoms with van der Waals surface area (Å²) in [5, 5.41) is 8.53. The van der Waals surface area contributed by atoms with Crippen molar-refractivity contribution in [3.05, 3.63) is 40.0 Å². The number of halogens is 2. The lowest BCUT2D eigenvalue weighted by Gasteiger charge is -2.14. The molecule has 5 nitrogen and oxygen atoms in total. The number of nitrogens with one attached hydrogen (secondary N) is 1. The smallest absolute Gasteiger partial charge is 0.226 e. The van der Waals surface area contributed by atoms with E-state index in [1.165, 1.54) is 0 Å². The summed E-state index contributed by atoms with van der Waals surface area (Å²) in [5.41, 5.74) is 1.47. The Balaban J connectivity index is 2.38. The van der Waals surface area contributed by atoms with Crippen LogP contribution in [0.2, 0.25) is 10.0 Å². The number of hydrogen-bond donors (Lipinski definition) is 1. The molecule has 0 fully saturated rings. The molecule has 0 unspecified atom stereocenters. The fourth-order valence-electron chi connectivity index (χ4n) is 2.18. The Bertz CT molecular complexity index is 763. The summed E-state index contributed by atoms with van der Waals surface area (Å²) in [6.45, 7) is 6.91. The normalized spacial score (nSPS) is 11.8. The van der Waals surface area contributed by atoms with Gasteiger partial charge >= 0.3 is 0 Å². The lowest BCUT2D eigenvalue weighted by molar-refractivity contribution is -0.116. The highest BCUT2D eigenvalue weighted by molar-refractivity contribution is 6.42. The standard InChI is InChI=1S/C18H24Cl2N4O/c1-18(2,3)15-11-16(21-17(25)8-9-23(4)5)24(22-15)12-6-7-13(19)14(20)10-12/h6-7,10-11H,8-9H2,1-5H3,(H,21,25). The number of carbonyl (C=O) groups is 1. The molecule has 0 saturated heterocycles. The monoisotopic (exact) mass is 382 g/mol. The molecule has 1 aromatic carbocycles. The molecule has 2 rings (SSSR count). The average molecular weight is 383 g/mol. The van der Waals surface area contributed by atoms with Gasteiger partial charge in [-0.2, -0.15) is 5.10 Å². The summed E-state index contributed by atoms with van der Waals surface area (Å²) in [5.74, 6) is 0.558. The van der Waals surface area contributed by atoms with E-state index < -0.39 is 0 Å². The van der Waals surface area contributed by atoms with Gasteiger partial charge in [0.15, 0.2) is 0 Å². The molecular weight excluding hydrogens is 359 g/mol. The fourth-order valence-corrected chi connectivity index (χ4v) is 2.47. The Hall–Kier alpha value is -1.56. The van der Waals surface area contributed by atoms with Gasteiger partial charge in [0.2, 0.25) is 5.91 Å². The number of nitrogens with zero attached hydrogens (tertiary/aromatic N) is 3. The van der Waals surface area contributed by atoms with Gasteiger partial charge in [-0.1, -0.05) is 44.0 Å². The maximum Gasteiger partial charge on any atom is 0.226 e. The second-order valence-electron chi connectivity index (χ2n) is 7.28. The number of rotatable bonds is 5. The summed E-state index contributed by atoms with van der Waals surface area (Å²) in [4.78, 5) is 14.2. The molecule has 0 radical (unpaired) electrons. The Kier molecular flexibility index (Phi) is 6.14. The van der Waals surface area contributed by atoms with Crippen molar-refractivity contribution >= 4 is 34.9 Å². The molecular formula is C18H24Cl2N4O. The quantitative estimate of drug-likeness (QED) is 0.834. The van der Waals surface area contributed by atoms with Gasteiger partial charge in [-0.05, 0) is 32.3 Å².